The number of fused-ring (bicyclic) bond motifs is 1. The number of carbonyl (C=O) groups is 2. The van der Waals surface area contributed by atoms with E-state index in [1.54, 1.807) is 38.1 Å². The van der Waals surface area contributed by atoms with Gasteiger partial charge in [-0.2, -0.15) is 0 Å². The van der Waals surface area contributed by atoms with Gasteiger partial charge in [0.25, 0.3) is 0 Å². The van der Waals surface area contributed by atoms with Gasteiger partial charge in [0.15, 0.2) is 0 Å². The molecular weight excluding hydrogens is 318 g/mol. The van der Waals surface area contributed by atoms with Gasteiger partial charge in [-0.15, -0.1) is 0 Å². The van der Waals surface area contributed by atoms with Crippen LogP contribution in [-0.2, 0) is 19.1 Å². The van der Waals surface area contributed by atoms with E-state index in [0.29, 0.717) is 10.9 Å². The minimum atomic E-state index is -1.42. The third-order valence-corrected chi connectivity index (χ3v) is 3.43. The number of carbonyl (C=O) groups excluding carboxylic acids is 2. The van der Waals surface area contributed by atoms with E-state index in [4.69, 9.17) is 27.4 Å². The maximum Gasteiger partial charge on any atom is 0.341 e. The highest BCUT2D eigenvalue weighted by atomic mass is 32.1. The number of hydrogen-bond donors (Lipinski definition) is 1. The van der Waals surface area contributed by atoms with Crippen molar-refractivity contribution in [3.8, 4) is 0 Å². The number of nitrogen functional groups attached to an aromatic ring is 1. The molecule has 0 aliphatic carbocycles. The average molecular weight is 335 g/mol. The molecule has 2 N–H and O–H groups in total. The Morgan fingerprint density at radius 2 is 1.78 bits per heavy atom. The predicted octanol–water partition coefficient (Wildman–Crippen LogP) is 2.02. The lowest BCUT2D eigenvalue weighted by Crippen LogP contribution is -2.33. The summed E-state index contributed by atoms with van der Waals surface area (Å²) in [7, 11) is 0. The molecule has 0 unspecified atom stereocenters. The fraction of sp³-hybridized carbons (Fsp3) is 0.333. The van der Waals surface area contributed by atoms with Crippen LogP contribution in [0.1, 0.15) is 19.9 Å². The van der Waals surface area contributed by atoms with Crippen molar-refractivity contribution in [2.45, 2.75) is 19.9 Å². The fourth-order valence-corrected chi connectivity index (χ4v) is 2.48. The number of hydrogen-bond acceptors (Lipinski definition) is 7. The van der Waals surface area contributed by atoms with E-state index >= 15 is 0 Å². The first-order valence-corrected chi connectivity index (χ1v) is 7.52. The first kappa shape index (κ1) is 16.9. The van der Waals surface area contributed by atoms with E-state index in [2.05, 4.69) is 4.98 Å². The number of benzene rings is 1. The SMILES string of the molecule is CCOC(=O)C(C(=O)OCC)n1c(N)c2ccccc2nc1=S. The number of anilines is 1. The fourth-order valence-electron chi connectivity index (χ4n) is 2.18. The van der Waals surface area contributed by atoms with Crippen LogP contribution in [0.4, 0.5) is 5.82 Å². The molecule has 0 saturated heterocycles. The summed E-state index contributed by atoms with van der Waals surface area (Å²) in [4.78, 5) is 28.7. The van der Waals surface area contributed by atoms with E-state index in [1.165, 1.54) is 4.57 Å². The first-order chi connectivity index (χ1) is 11.0. The van der Waals surface area contributed by atoms with Crippen LogP contribution in [-0.4, -0.2) is 34.7 Å². The largest absolute Gasteiger partial charge is 0.464 e. The van der Waals surface area contributed by atoms with Crippen molar-refractivity contribution in [1.29, 1.82) is 0 Å². The number of para-hydroxylation sites is 1. The third kappa shape index (κ3) is 3.31. The second kappa shape index (κ2) is 7.19. The van der Waals surface area contributed by atoms with E-state index in [0.717, 1.165) is 0 Å². The lowest BCUT2D eigenvalue weighted by Gasteiger charge is -2.20. The summed E-state index contributed by atoms with van der Waals surface area (Å²) >= 11 is 5.21. The molecule has 0 amide bonds. The molecule has 7 nitrogen and oxygen atoms in total. The molecule has 122 valence electrons. The molecule has 2 rings (SSSR count). The molecule has 1 aromatic heterocycles. The topological polar surface area (TPSA) is 96.4 Å². The third-order valence-electron chi connectivity index (χ3n) is 3.14. The standard InChI is InChI=1S/C15H17N3O4S/c1-3-21-13(19)11(14(20)22-4-2)18-12(16)9-7-5-6-8-10(9)17-15(18)23/h5-8,11H,3-4,16H2,1-2H3. The Labute approximate surface area is 138 Å². The van der Waals surface area contributed by atoms with Crippen LogP contribution in [0.2, 0.25) is 0 Å². The zero-order valence-corrected chi connectivity index (χ0v) is 13.6. The summed E-state index contributed by atoms with van der Waals surface area (Å²) in [5.74, 6) is -1.41. The van der Waals surface area contributed by atoms with E-state index in [1.807, 2.05) is 0 Å². The molecular formula is C15H17N3O4S. The first-order valence-electron chi connectivity index (χ1n) is 7.11. The van der Waals surface area contributed by atoms with Crippen LogP contribution in [0.3, 0.4) is 0 Å². The van der Waals surface area contributed by atoms with Gasteiger partial charge in [-0.1, -0.05) is 12.1 Å². The van der Waals surface area contributed by atoms with Gasteiger partial charge in [0.2, 0.25) is 10.8 Å². The predicted molar refractivity (Wildman–Crippen MR) is 87.3 cm³/mol. The summed E-state index contributed by atoms with van der Waals surface area (Å²) in [6.45, 7) is 3.51. The molecule has 1 heterocycles. The molecule has 2 aromatic rings. The molecule has 0 spiro atoms. The zero-order valence-electron chi connectivity index (χ0n) is 12.8. The molecule has 23 heavy (non-hydrogen) atoms. The smallest absolute Gasteiger partial charge is 0.341 e. The Morgan fingerprint density at radius 3 is 2.35 bits per heavy atom. The molecule has 0 aliphatic heterocycles. The molecule has 8 heteroatoms. The number of aromatic nitrogens is 2. The summed E-state index contributed by atoms with van der Waals surface area (Å²) in [5.41, 5.74) is 6.71. The van der Waals surface area contributed by atoms with Crippen molar-refractivity contribution in [2.24, 2.45) is 0 Å². The Hall–Kier alpha value is -2.48. The summed E-state index contributed by atoms with van der Waals surface area (Å²) in [5, 5.41) is 0.583. The molecule has 0 bridgehead atoms. The Balaban J connectivity index is 2.67. The molecule has 0 aliphatic rings. The Bertz CT molecular complexity index is 785. The van der Waals surface area contributed by atoms with Crippen LogP contribution in [0, 0.1) is 4.77 Å². The second-order valence-corrected chi connectivity index (χ2v) is 4.94. The van der Waals surface area contributed by atoms with E-state index < -0.39 is 18.0 Å². The van der Waals surface area contributed by atoms with E-state index in [9.17, 15) is 9.59 Å². The number of nitrogens with zero attached hydrogens (tertiary/aromatic N) is 2. The molecule has 0 atom stereocenters. The van der Waals surface area contributed by atoms with Gasteiger partial charge in [-0.25, -0.2) is 14.6 Å². The highest BCUT2D eigenvalue weighted by molar-refractivity contribution is 7.71. The van der Waals surface area contributed by atoms with Crippen LogP contribution in [0.5, 0.6) is 0 Å². The number of ether oxygens (including phenoxy) is 2. The summed E-state index contributed by atoms with van der Waals surface area (Å²) < 4.78 is 11.1. The summed E-state index contributed by atoms with van der Waals surface area (Å²) in [6.07, 6.45) is 0. The molecule has 0 radical (unpaired) electrons. The maximum atomic E-state index is 12.2. The van der Waals surface area contributed by atoms with Crippen LogP contribution >= 0.6 is 12.2 Å². The van der Waals surface area contributed by atoms with Gasteiger partial charge in [-0.05, 0) is 38.2 Å². The average Bonchev–Trinajstić information content (AvgIpc) is 2.51. The molecule has 0 saturated carbocycles. The van der Waals surface area contributed by atoms with Crippen LogP contribution < -0.4 is 5.73 Å². The quantitative estimate of drug-likeness (QED) is 0.507. The van der Waals surface area contributed by atoms with Gasteiger partial charge < -0.3 is 15.2 Å². The lowest BCUT2D eigenvalue weighted by atomic mass is 10.2. The molecule has 1 aromatic carbocycles. The number of rotatable bonds is 5. The van der Waals surface area contributed by atoms with Gasteiger partial charge in [-0.3, -0.25) is 4.57 Å². The Morgan fingerprint density at radius 1 is 1.22 bits per heavy atom. The molecule has 0 fully saturated rings. The van der Waals surface area contributed by atoms with Crippen LogP contribution in [0.15, 0.2) is 24.3 Å². The van der Waals surface area contributed by atoms with Gasteiger partial charge in [0.1, 0.15) is 5.82 Å². The normalized spacial score (nSPS) is 10.7. The maximum absolute atomic E-state index is 12.2. The number of esters is 2. The second-order valence-electron chi connectivity index (χ2n) is 4.57. The van der Waals surface area contributed by atoms with Crippen molar-refractivity contribution in [2.75, 3.05) is 18.9 Å². The van der Waals surface area contributed by atoms with E-state index in [-0.39, 0.29) is 23.8 Å². The minimum Gasteiger partial charge on any atom is -0.464 e. The summed E-state index contributed by atoms with van der Waals surface area (Å²) in [6, 6.07) is 5.63. The highest BCUT2D eigenvalue weighted by Gasteiger charge is 2.33. The highest BCUT2D eigenvalue weighted by Crippen LogP contribution is 2.24. The van der Waals surface area contributed by atoms with Gasteiger partial charge in [0, 0.05) is 5.39 Å². The van der Waals surface area contributed by atoms with Crippen molar-refractivity contribution in [1.82, 2.24) is 9.55 Å². The zero-order chi connectivity index (χ0) is 17.0. The van der Waals surface area contributed by atoms with Gasteiger partial charge >= 0.3 is 11.9 Å². The Kier molecular flexibility index (Phi) is 5.28. The van der Waals surface area contributed by atoms with Crippen molar-refractivity contribution >= 4 is 40.9 Å². The minimum absolute atomic E-state index is 0.00676. The van der Waals surface area contributed by atoms with Crippen molar-refractivity contribution in [3.63, 3.8) is 0 Å². The monoisotopic (exact) mass is 335 g/mol. The number of nitrogens with two attached hydrogens (primary N) is 1. The van der Waals surface area contributed by atoms with Crippen LogP contribution in [0.25, 0.3) is 10.9 Å². The van der Waals surface area contributed by atoms with Crippen molar-refractivity contribution < 1.29 is 19.1 Å². The lowest BCUT2D eigenvalue weighted by molar-refractivity contribution is -0.160. The van der Waals surface area contributed by atoms with Crippen molar-refractivity contribution in [3.05, 3.63) is 29.0 Å². The van der Waals surface area contributed by atoms with Gasteiger partial charge in [0.05, 0.1) is 18.7 Å².